The average Bonchev–Trinajstić information content (AvgIpc) is 3.35. The highest BCUT2D eigenvalue weighted by Gasteiger charge is 2.31. The van der Waals surface area contributed by atoms with Crippen LogP contribution in [-0.2, 0) is 11.8 Å². The number of piperazine rings is 1. The van der Waals surface area contributed by atoms with E-state index in [0.29, 0.717) is 18.4 Å². The first-order valence-electron chi connectivity index (χ1n) is 9.76. The van der Waals surface area contributed by atoms with Gasteiger partial charge in [0.1, 0.15) is 11.9 Å². The summed E-state index contributed by atoms with van der Waals surface area (Å²) in [5, 5.41) is 4.24. The molecule has 7 nitrogen and oxygen atoms in total. The van der Waals surface area contributed by atoms with Crippen LogP contribution in [0.5, 0.6) is 0 Å². The second-order valence-corrected chi connectivity index (χ2v) is 7.37. The Kier molecular flexibility index (Phi) is 5.47. The van der Waals surface area contributed by atoms with E-state index in [1.54, 1.807) is 6.20 Å². The van der Waals surface area contributed by atoms with Crippen LogP contribution in [0.2, 0.25) is 0 Å². The number of rotatable bonds is 4. The molecule has 0 unspecified atom stereocenters. The van der Waals surface area contributed by atoms with E-state index in [9.17, 15) is 4.39 Å². The van der Waals surface area contributed by atoms with E-state index in [1.807, 2.05) is 29.9 Å². The summed E-state index contributed by atoms with van der Waals surface area (Å²) in [6.07, 6.45) is 2.80. The van der Waals surface area contributed by atoms with Crippen LogP contribution in [0.4, 0.5) is 10.1 Å². The lowest BCUT2D eigenvalue weighted by Gasteiger charge is -2.36. The van der Waals surface area contributed by atoms with Crippen molar-refractivity contribution in [3.63, 3.8) is 0 Å². The first-order valence-corrected chi connectivity index (χ1v) is 9.76. The van der Waals surface area contributed by atoms with Crippen LogP contribution in [0, 0.1) is 11.7 Å². The van der Waals surface area contributed by atoms with Gasteiger partial charge in [0.05, 0.1) is 5.69 Å². The Hall–Kier alpha value is -2.61. The van der Waals surface area contributed by atoms with E-state index in [2.05, 4.69) is 19.9 Å². The third kappa shape index (κ3) is 3.96. The predicted octanol–water partition coefficient (Wildman–Crippen LogP) is 1.77. The number of hydrogen-bond acceptors (Lipinski definition) is 4. The lowest BCUT2D eigenvalue weighted by molar-refractivity contribution is 0.0858. The number of ether oxygens (including phenoxy) is 1. The molecule has 0 radical (unpaired) electrons. The van der Waals surface area contributed by atoms with Crippen molar-refractivity contribution in [3.05, 3.63) is 48.0 Å². The second kappa shape index (κ2) is 8.18. The Morgan fingerprint density at radius 1 is 1.21 bits per heavy atom. The summed E-state index contributed by atoms with van der Waals surface area (Å²) in [7, 11) is 1.94. The van der Waals surface area contributed by atoms with Crippen molar-refractivity contribution >= 4 is 11.6 Å². The molecular weight excluding hydrogens is 359 g/mol. The number of halogens is 1. The SMILES string of the molecule is Cn1nccc1[C@@H]1OCC[C@H]1CN=C(N)N1CCN(c2ccc(F)cc2)CC1. The summed E-state index contributed by atoms with van der Waals surface area (Å²) < 4.78 is 20.9. The number of aromatic nitrogens is 2. The predicted molar refractivity (Wildman–Crippen MR) is 107 cm³/mol. The Morgan fingerprint density at radius 2 is 1.96 bits per heavy atom. The fourth-order valence-corrected chi connectivity index (χ4v) is 3.97. The summed E-state index contributed by atoms with van der Waals surface area (Å²) in [5.41, 5.74) is 8.40. The van der Waals surface area contributed by atoms with Crippen LogP contribution < -0.4 is 10.6 Å². The molecule has 2 aliphatic rings. The fourth-order valence-electron chi connectivity index (χ4n) is 3.97. The Balaban J connectivity index is 1.32. The van der Waals surface area contributed by atoms with Gasteiger partial charge in [0.15, 0.2) is 5.96 Å². The number of nitrogens with zero attached hydrogens (tertiary/aromatic N) is 5. The number of anilines is 1. The molecule has 2 atom stereocenters. The molecule has 8 heteroatoms. The molecule has 0 aliphatic carbocycles. The highest BCUT2D eigenvalue weighted by molar-refractivity contribution is 5.78. The minimum atomic E-state index is -0.209. The average molecular weight is 386 g/mol. The van der Waals surface area contributed by atoms with E-state index in [0.717, 1.165) is 50.6 Å². The van der Waals surface area contributed by atoms with Gasteiger partial charge in [0.2, 0.25) is 0 Å². The molecule has 28 heavy (non-hydrogen) atoms. The number of aryl methyl sites for hydroxylation is 1. The van der Waals surface area contributed by atoms with E-state index in [-0.39, 0.29) is 11.9 Å². The number of aliphatic imine (C=N–C) groups is 1. The highest BCUT2D eigenvalue weighted by atomic mass is 19.1. The largest absolute Gasteiger partial charge is 0.372 e. The molecule has 2 N–H and O–H groups in total. The lowest BCUT2D eigenvalue weighted by Crippen LogP contribution is -2.51. The minimum Gasteiger partial charge on any atom is -0.372 e. The van der Waals surface area contributed by atoms with E-state index in [4.69, 9.17) is 10.5 Å². The Labute approximate surface area is 164 Å². The van der Waals surface area contributed by atoms with Crippen LogP contribution in [0.15, 0.2) is 41.5 Å². The number of hydrogen-bond donors (Lipinski definition) is 1. The Morgan fingerprint density at radius 3 is 2.64 bits per heavy atom. The van der Waals surface area contributed by atoms with Crippen molar-refractivity contribution in [2.45, 2.75) is 12.5 Å². The topological polar surface area (TPSA) is 71.9 Å². The van der Waals surface area contributed by atoms with Crippen molar-refractivity contribution in [1.29, 1.82) is 0 Å². The standard InChI is InChI=1S/C20H27FN6O/c1-25-18(6-8-24-25)19-15(7-13-28-19)14-23-20(22)27-11-9-26(10-12-27)17-4-2-16(21)3-5-17/h2-6,8,15,19H,7,9-14H2,1H3,(H2,22,23)/t15-,19+/m0/s1. The van der Waals surface area contributed by atoms with Gasteiger partial charge in [0, 0.05) is 64.2 Å². The van der Waals surface area contributed by atoms with Gasteiger partial charge in [-0.15, -0.1) is 0 Å². The number of nitrogens with two attached hydrogens (primary N) is 1. The van der Waals surface area contributed by atoms with Crippen LogP contribution in [0.25, 0.3) is 0 Å². The van der Waals surface area contributed by atoms with Gasteiger partial charge in [-0.1, -0.05) is 0 Å². The van der Waals surface area contributed by atoms with Crippen molar-refractivity contribution in [2.24, 2.45) is 23.7 Å². The zero-order chi connectivity index (χ0) is 19.5. The molecule has 2 aromatic rings. The molecule has 150 valence electrons. The van der Waals surface area contributed by atoms with Crippen molar-refractivity contribution in [1.82, 2.24) is 14.7 Å². The number of guanidine groups is 1. The highest BCUT2D eigenvalue weighted by Crippen LogP contribution is 2.34. The summed E-state index contributed by atoms with van der Waals surface area (Å²) in [5.74, 6) is 0.697. The zero-order valence-corrected chi connectivity index (χ0v) is 16.2. The van der Waals surface area contributed by atoms with Crippen LogP contribution in [-0.4, -0.2) is 60.0 Å². The first-order chi connectivity index (χ1) is 13.6. The maximum atomic E-state index is 13.1. The first kappa shape index (κ1) is 18.7. The quantitative estimate of drug-likeness (QED) is 0.641. The van der Waals surface area contributed by atoms with Crippen LogP contribution in [0.1, 0.15) is 18.2 Å². The molecule has 0 bridgehead atoms. The van der Waals surface area contributed by atoms with Crippen LogP contribution >= 0.6 is 0 Å². The van der Waals surface area contributed by atoms with Crippen molar-refractivity contribution in [3.8, 4) is 0 Å². The van der Waals surface area contributed by atoms with Gasteiger partial charge >= 0.3 is 0 Å². The molecule has 0 amide bonds. The normalized spacial score (nSPS) is 23.4. The van der Waals surface area contributed by atoms with Gasteiger partial charge < -0.3 is 20.3 Å². The van der Waals surface area contributed by atoms with E-state index < -0.39 is 0 Å². The minimum absolute atomic E-state index is 0.0272. The molecule has 1 aromatic carbocycles. The molecule has 2 fully saturated rings. The van der Waals surface area contributed by atoms with Gasteiger partial charge in [-0.3, -0.25) is 9.67 Å². The van der Waals surface area contributed by atoms with Gasteiger partial charge in [-0.2, -0.15) is 5.10 Å². The maximum Gasteiger partial charge on any atom is 0.191 e. The monoisotopic (exact) mass is 386 g/mol. The molecular formula is C20H27FN6O. The molecule has 2 aliphatic heterocycles. The summed E-state index contributed by atoms with van der Waals surface area (Å²) in [4.78, 5) is 9.03. The molecule has 3 heterocycles. The molecule has 0 spiro atoms. The molecule has 4 rings (SSSR count). The summed E-state index contributed by atoms with van der Waals surface area (Å²) >= 11 is 0. The summed E-state index contributed by atoms with van der Waals surface area (Å²) in [6.45, 7) is 4.68. The van der Waals surface area contributed by atoms with Gasteiger partial charge in [0.25, 0.3) is 0 Å². The number of benzene rings is 1. The third-order valence-electron chi connectivity index (χ3n) is 5.65. The molecule has 2 saturated heterocycles. The lowest BCUT2D eigenvalue weighted by atomic mass is 9.99. The smallest absolute Gasteiger partial charge is 0.191 e. The van der Waals surface area contributed by atoms with E-state index >= 15 is 0 Å². The fraction of sp³-hybridized carbons (Fsp3) is 0.500. The maximum absolute atomic E-state index is 13.1. The van der Waals surface area contributed by atoms with Crippen LogP contribution in [0.3, 0.4) is 0 Å². The molecule has 1 aromatic heterocycles. The van der Waals surface area contributed by atoms with Crippen molar-refractivity contribution in [2.75, 3.05) is 44.2 Å². The Bertz CT molecular complexity index is 812. The van der Waals surface area contributed by atoms with Gasteiger partial charge in [-0.05, 0) is 36.8 Å². The molecule has 0 saturated carbocycles. The van der Waals surface area contributed by atoms with E-state index in [1.165, 1.54) is 12.1 Å². The van der Waals surface area contributed by atoms with Gasteiger partial charge in [-0.25, -0.2) is 4.39 Å². The zero-order valence-electron chi connectivity index (χ0n) is 16.2. The summed E-state index contributed by atoms with van der Waals surface area (Å²) in [6, 6.07) is 8.65. The van der Waals surface area contributed by atoms with Crippen molar-refractivity contribution < 1.29 is 9.13 Å². The third-order valence-corrected chi connectivity index (χ3v) is 5.65. The second-order valence-electron chi connectivity index (χ2n) is 7.37.